The minimum atomic E-state index is -0.534. The average Bonchev–Trinajstić information content (AvgIpc) is 3.26. The number of aromatic hydroxyl groups is 1. The predicted octanol–water partition coefficient (Wildman–Crippen LogP) is 4.06. The van der Waals surface area contributed by atoms with Crippen molar-refractivity contribution >= 4 is 23.7 Å². The Labute approximate surface area is 177 Å². The van der Waals surface area contributed by atoms with Gasteiger partial charge in [-0.1, -0.05) is 59.3 Å². The first-order valence-corrected chi connectivity index (χ1v) is 9.38. The molecule has 0 aliphatic carbocycles. The summed E-state index contributed by atoms with van der Waals surface area (Å²) in [4.78, 5) is 12.3. The molecule has 1 amide bonds. The molecule has 0 aliphatic heterocycles. The van der Waals surface area contributed by atoms with Crippen molar-refractivity contribution in [2.75, 3.05) is 0 Å². The number of carbonyl (C=O) groups excluding carboxylic acids is 1. The molecule has 0 saturated carbocycles. The quantitative estimate of drug-likeness (QED) is 0.378. The first kappa shape index (κ1) is 19.4. The second kappa shape index (κ2) is 8.59. The second-order valence-corrected chi connectivity index (χ2v) is 6.80. The molecule has 4 rings (SSSR count). The number of aromatic nitrogens is 3. The van der Waals surface area contributed by atoms with Crippen LogP contribution in [0.5, 0.6) is 5.75 Å². The van der Waals surface area contributed by atoms with Gasteiger partial charge < -0.3 is 5.11 Å². The summed E-state index contributed by atoms with van der Waals surface area (Å²) in [6, 6.07) is 21.2. The lowest BCUT2D eigenvalue weighted by atomic mass is 10.1. The van der Waals surface area contributed by atoms with E-state index in [1.54, 1.807) is 36.5 Å². The number of carbonyl (C=O) groups is 1. The molecule has 0 spiro atoms. The van der Waals surface area contributed by atoms with Crippen LogP contribution in [0.4, 0.5) is 0 Å². The van der Waals surface area contributed by atoms with Gasteiger partial charge in [0.2, 0.25) is 0 Å². The van der Waals surface area contributed by atoms with Crippen molar-refractivity contribution in [3.63, 3.8) is 0 Å². The van der Waals surface area contributed by atoms with Crippen molar-refractivity contribution in [3.8, 4) is 22.7 Å². The van der Waals surface area contributed by atoms with Gasteiger partial charge in [-0.3, -0.25) is 4.79 Å². The monoisotopic (exact) mass is 417 g/mol. The number of phenols is 1. The third-order valence-electron chi connectivity index (χ3n) is 4.30. The van der Waals surface area contributed by atoms with E-state index in [1.807, 2.05) is 30.3 Å². The third kappa shape index (κ3) is 4.37. The largest absolute Gasteiger partial charge is 0.507 e. The molecule has 1 heterocycles. The van der Waals surface area contributed by atoms with Crippen LogP contribution in [0.25, 0.3) is 16.9 Å². The molecule has 0 unspecified atom stereocenters. The summed E-state index contributed by atoms with van der Waals surface area (Å²) in [6.45, 7) is 0. The highest BCUT2D eigenvalue weighted by Gasteiger charge is 2.13. The van der Waals surface area contributed by atoms with E-state index in [0.717, 1.165) is 11.1 Å². The Morgan fingerprint density at radius 3 is 2.57 bits per heavy atom. The summed E-state index contributed by atoms with van der Waals surface area (Å²) in [5, 5.41) is 23.1. The molecule has 0 fully saturated rings. The van der Waals surface area contributed by atoms with Crippen molar-refractivity contribution in [3.05, 3.63) is 95.1 Å². The molecule has 1 aromatic heterocycles. The molecule has 148 valence electrons. The van der Waals surface area contributed by atoms with Crippen LogP contribution in [-0.4, -0.2) is 32.2 Å². The van der Waals surface area contributed by atoms with Crippen molar-refractivity contribution in [2.45, 2.75) is 0 Å². The topological polar surface area (TPSA) is 92.4 Å². The van der Waals surface area contributed by atoms with Gasteiger partial charge >= 0.3 is 0 Å². The summed E-state index contributed by atoms with van der Waals surface area (Å²) >= 11 is 5.83. The van der Waals surface area contributed by atoms with Crippen LogP contribution in [0.15, 0.2) is 84.1 Å². The molecule has 0 atom stereocenters. The van der Waals surface area contributed by atoms with Gasteiger partial charge in [0.05, 0.1) is 23.7 Å². The Balaban J connectivity index is 1.47. The van der Waals surface area contributed by atoms with Gasteiger partial charge in [-0.25, -0.2) is 10.1 Å². The molecule has 2 N–H and O–H groups in total. The SMILES string of the molecule is O=C(NN=Cc1ccc(Cl)cc1)c1ccc(-n2cc(-c3ccccc3)nn2)cc1O. The van der Waals surface area contributed by atoms with Crippen molar-refractivity contribution in [2.24, 2.45) is 5.10 Å². The molecule has 0 radical (unpaired) electrons. The normalized spacial score (nSPS) is 11.0. The first-order valence-electron chi connectivity index (χ1n) is 9.00. The highest BCUT2D eigenvalue weighted by Crippen LogP contribution is 2.22. The van der Waals surface area contributed by atoms with Crippen LogP contribution >= 0.6 is 11.6 Å². The summed E-state index contributed by atoms with van der Waals surface area (Å²) in [7, 11) is 0. The minimum absolute atomic E-state index is 0.0930. The molecule has 7 nitrogen and oxygen atoms in total. The maximum absolute atomic E-state index is 12.3. The number of benzene rings is 3. The van der Waals surface area contributed by atoms with E-state index in [0.29, 0.717) is 16.4 Å². The second-order valence-electron chi connectivity index (χ2n) is 6.37. The fraction of sp³-hybridized carbons (Fsp3) is 0. The highest BCUT2D eigenvalue weighted by atomic mass is 35.5. The summed E-state index contributed by atoms with van der Waals surface area (Å²) in [5.74, 6) is -0.726. The van der Waals surface area contributed by atoms with Crippen LogP contribution in [0.2, 0.25) is 5.02 Å². The Hall–Kier alpha value is -3.97. The molecule has 30 heavy (non-hydrogen) atoms. The lowest BCUT2D eigenvalue weighted by molar-refractivity contribution is 0.0952. The number of rotatable bonds is 5. The molecule has 0 bridgehead atoms. The number of phenolic OH excluding ortho intramolecular Hbond substituents is 1. The van der Waals surface area contributed by atoms with E-state index >= 15 is 0 Å². The van der Waals surface area contributed by atoms with Gasteiger partial charge in [0, 0.05) is 16.7 Å². The zero-order valence-electron chi connectivity index (χ0n) is 15.6. The van der Waals surface area contributed by atoms with E-state index < -0.39 is 5.91 Å². The third-order valence-corrected chi connectivity index (χ3v) is 4.56. The van der Waals surface area contributed by atoms with Gasteiger partial charge in [0.25, 0.3) is 5.91 Å². The van der Waals surface area contributed by atoms with Crippen molar-refractivity contribution in [1.29, 1.82) is 0 Å². The Morgan fingerprint density at radius 1 is 1.07 bits per heavy atom. The van der Waals surface area contributed by atoms with Crippen LogP contribution < -0.4 is 5.43 Å². The Morgan fingerprint density at radius 2 is 1.83 bits per heavy atom. The number of amides is 1. The smallest absolute Gasteiger partial charge is 0.275 e. The number of halogens is 1. The average molecular weight is 418 g/mol. The summed E-state index contributed by atoms with van der Waals surface area (Å²) < 4.78 is 1.53. The molecule has 0 aliphatic rings. The van der Waals surface area contributed by atoms with Crippen LogP contribution in [0.3, 0.4) is 0 Å². The van der Waals surface area contributed by atoms with Gasteiger partial charge in [-0.2, -0.15) is 5.10 Å². The number of hydrogen-bond acceptors (Lipinski definition) is 5. The predicted molar refractivity (Wildman–Crippen MR) is 115 cm³/mol. The van der Waals surface area contributed by atoms with E-state index in [9.17, 15) is 9.90 Å². The van der Waals surface area contributed by atoms with Crippen LogP contribution in [0, 0.1) is 0 Å². The fourth-order valence-electron chi connectivity index (χ4n) is 2.76. The van der Waals surface area contributed by atoms with Gasteiger partial charge in [0.15, 0.2) is 0 Å². The van der Waals surface area contributed by atoms with Crippen LogP contribution in [0.1, 0.15) is 15.9 Å². The highest BCUT2D eigenvalue weighted by molar-refractivity contribution is 6.30. The van der Waals surface area contributed by atoms with Gasteiger partial charge in [0.1, 0.15) is 11.4 Å². The van der Waals surface area contributed by atoms with E-state index in [4.69, 9.17) is 11.6 Å². The number of hydrogen-bond donors (Lipinski definition) is 2. The Kier molecular flexibility index (Phi) is 5.54. The number of nitrogens with zero attached hydrogens (tertiary/aromatic N) is 4. The van der Waals surface area contributed by atoms with E-state index in [-0.39, 0.29) is 11.3 Å². The molecule has 4 aromatic rings. The lowest BCUT2D eigenvalue weighted by Gasteiger charge is -2.06. The first-order chi connectivity index (χ1) is 14.6. The summed E-state index contributed by atoms with van der Waals surface area (Å²) in [5.41, 5.74) is 5.47. The molecular weight excluding hydrogens is 402 g/mol. The molecule has 3 aromatic carbocycles. The van der Waals surface area contributed by atoms with Crippen molar-refractivity contribution in [1.82, 2.24) is 20.4 Å². The molecule has 0 saturated heterocycles. The van der Waals surface area contributed by atoms with Gasteiger partial charge in [-0.05, 0) is 29.8 Å². The fourth-order valence-corrected chi connectivity index (χ4v) is 2.89. The maximum atomic E-state index is 12.3. The molecular formula is C22H16ClN5O2. The van der Waals surface area contributed by atoms with Crippen molar-refractivity contribution < 1.29 is 9.90 Å². The van der Waals surface area contributed by atoms with Gasteiger partial charge in [-0.15, -0.1) is 5.10 Å². The zero-order valence-corrected chi connectivity index (χ0v) is 16.4. The Bertz CT molecular complexity index is 1200. The number of nitrogens with one attached hydrogen (secondary N) is 1. The zero-order chi connectivity index (χ0) is 20.9. The number of hydrazone groups is 1. The maximum Gasteiger partial charge on any atom is 0.275 e. The standard InChI is InChI=1S/C22H16ClN5O2/c23-17-8-6-15(7-9-17)13-24-26-22(30)19-11-10-18(12-21(19)29)28-14-20(25-27-28)16-4-2-1-3-5-16/h1-14,29H,(H,26,30). The molecule has 8 heteroatoms. The van der Waals surface area contributed by atoms with E-state index in [1.165, 1.54) is 23.0 Å². The van der Waals surface area contributed by atoms with E-state index in [2.05, 4.69) is 20.8 Å². The lowest BCUT2D eigenvalue weighted by Crippen LogP contribution is -2.17. The minimum Gasteiger partial charge on any atom is -0.507 e. The summed E-state index contributed by atoms with van der Waals surface area (Å²) in [6.07, 6.45) is 3.24. The van der Waals surface area contributed by atoms with Crippen LogP contribution in [-0.2, 0) is 0 Å².